The van der Waals surface area contributed by atoms with E-state index in [0.29, 0.717) is 18.7 Å². The largest absolute Gasteiger partial charge is 0.388 e. The molecule has 2 rings (SSSR count). The molecule has 2 amide bonds. The fraction of sp³-hybridized carbons (Fsp3) is 0.263. The second-order valence-electron chi connectivity index (χ2n) is 5.46. The molecule has 0 aliphatic rings. The van der Waals surface area contributed by atoms with Crippen molar-refractivity contribution < 1.29 is 14.7 Å². The number of carbonyl (C=O) groups is 2. The van der Waals surface area contributed by atoms with Crippen molar-refractivity contribution in [3.05, 3.63) is 71.3 Å². The van der Waals surface area contributed by atoms with Gasteiger partial charge < -0.3 is 15.7 Å². The third-order valence-electron chi connectivity index (χ3n) is 3.61. The van der Waals surface area contributed by atoms with E-state index in [1.165, 1.54) is 0 Å². The summed E-state index contributed by atoms with van der Waals surface area (Å²) in [6.07, 6.45) is -0.799. The Kier molecular flexibility index (Phi) is 6.51. The first-order valence-electron chi connectivity index (χ1n) is 7.97. The first kappa shape index (κ1) is 17.7. The lowest BCUT2D eigenvalue weighted by atomic mass is 10.1. The summed E-state index contributed by atoms with van der Waals surface area (Å²) >= 11 is 0. The maximum absolute atomic E-state index is 11.9. The van der Waals surface area contributed by atoms with Crippen LogP contribution in [-0.2, 0) is 11.3 Å². The molecule has 0 saturated carbocycles. The van der Waals surface area contributed by atoms with Crippen molar-refractivity contribution >= 4 is 11.8 Å². The molecule has 0 heterocycles. The Morgan fingerprint density at radius 3 is 2.29 bits per heavy atom. The second kappa shape index (κ2) is 8.84. The number of nitrogens with one attached hydrogen (secondary N) is 2. The van der Waals surface area contributed by atoms with E-state index in [2.05, 4.69) is 10.6 Å². The number of benzene rings is 2. The summed E-state index contributed by atoms with van der Waals surface area (Å²) < 4.78 is 0. The average molecular weight is 326 g/mol. The predicted octanol–water partition coefficient (Wildman–Crippen LogP) is 2.18. The number of rotatable bonds is 7. The minimum Gasteiger partial charge on any atom is -0.388 e. The molecule has 2 aromatic carbocycles. The van der Waals surface area contributed by atoms with Crippen molar-refractivity contribution in [3.63, 3.8) is 0 Å². The second-order valence-corrected chi connectivity index (χ2v) is 5.46. The van der Waals surface area contributed by atoms with Crippen LogP contribution >= 0.6 is 0 Å². The van der Waals surface area contributed by atoms with Gasteiger partial charge in [-0.2, -0.15) is 0 Å². The third kappa shape index (κ3) is 5.21. The van der Waals surface area contributed by atoms with Crippen molar-refractivity contribution in [2.75, 3.05) is 6.54 Å². The maximum atomic E-state index is 11.9. The summed E-state index contributed by atoms with van der Waals surface area (Å²) in [6.45, 7) is 2.81. The summed E-state index contributed by atoms with van der Waals surface area (Å²) in [5, 5.41) is 15.5. The Labute approximate surface area is 141 Å². The number of hydrogen-bond acceptors (Lipinski definition) is 3. The molecule has 126 valence electrons. The van der Waals surface area contributed by atoms with Gasteiger partial charge in [-0.3, -0.25) is 9.59 Å². The van der Waals surface area contributed by atoms with E-state index in [0.717, 1.165) is 11.1 Å². The normalized spacial score (nSPS) is 11.6. The molecule has 0 aliphatic carbocycles. The van der Waals surface area contributed by atoms with Crippen LogP contribution in [0.3, 0.4) is 0 Å². The summed E-state index contributed by atoms with van der Waals surface area (Å²) in [4.78, 5) is 23.6. The van der Waals surface area contributed by atoms with E-state index in [1.54, 1.807) is 36.4 Å². The van der Waals surface area contributed by atoms with Crippen LogP contribution in [0.25, 0.3) is 0 Å². The SMILES string of the molecule is CCNC(=O)c1ccc(CNC(=O)CC(O)c2ccccc2)cc1. The highest BCUT2D eigenvalue weighted by Gasteiger charge is 2.12. The molecule has 0 fully saturated rings. The van der Waals surface area contributed by atoms with E-state index < -0.39 is 6.10 Å². The molecule has 1 atom stereocenters. The van der Waals surface area contributed by atoms with Crippen LogP contribution in [0.4, 0.5) is 0 Å². The van der Waals surface area contributed by atoms with E-state index in [4.69, 9.17) is 0 Å². The summed E-state index contributed by atoms with van der Waals surface area (Å²) in [5.41, 5.74) is 2.20. The highest BCUT2D eigenvalue weighted by molar-refractivity contribution is 5.94. The van der Waals surface area contributed by atoms with Gasteiger partial charge in [0, 0.05) is 18.7 Å². The van der Waals surface area contributed by atoms with Crippen LogP contribution < -0.4 is 10.6 Å². The summed E-state index contributed by atoms with van der Waals surface area (Å²) in [5.74, 6) is -0.335. The van der Waals surface area contributed by atoms with Gasteiger partial charge in [0.05, 0.1) is 12.5 Å². The Morgan fingerprint density at radius 2 is 1.67 bits per heavy atom. The van der Waals surface area contributed by atoms with Crippen LogP contribution in [0.5, 0.6) is 0 Å². The fourth-order valence-corrected chi connectivity index (χ4v) is 2.28. The molecule has 2 aromatic rings. The van der Waals surface area contributed by atoms with E-state index in [1.807, 2.05) is 25.1 Å². The predicted molar refractivity (Wildman–Crippen MR) is 92.3 cm³/mol. The highest BCUT2D eigenvalue weighted by atomic mass is 16.3. The smallest absolute Gasteiger partial charge is 0.251 e. The molecule has 0 aromatic heterocycles. The molecule has 0 bridgehead atoms. The fourth-order valence-electron chi connectivity index (χ4n) is 2.28. The first-order chi connectivity index (χ1) is 11.6. The molecule has 5 heteroatoms. The van der Waals surface area contributed by atoms with Crippen LogP contribution in [0.15, 0.2) is 54.6 Å². The zero-order valence-corrected chi connectivity index (χ0v) is 13.7. The molecule has 0 spiro atoms. The van der Waals surface area contributed by atoms with E-state index in [9.17, 15) is 14.7 Å². The lowest BCUT2D eigenvalue weighted by Gasteiger charge is -2.11. The van der Waals surface area contributed by atoms with Crippen molar-refractivity contribution in [2.24, 2.45) is 0 Å². The molecule has 5 nitrogen and oxygen atoms in total. The average Bonchev–Trinajstić information content (AvgIpc) is 2.61. The number of aliphatic hydroxyl groups excluding tert-OH is 1. The van der Waals surface area contributed by atoms with Gasteiger partial charge in [-0.1, -0.05) is 42.5 Å². The molecule has 1 unspecified atom stereocenters. The number of carbonyl (C=O) groups excluding carboxylic acids is 2. The number of aliphatic hydroxyl groups is 1. The molecular weight excluding hydrogens is 304 g/mol. The first-order valence-corrected chi connectivity index (χ1v) is 7.97. The van der Waals surface area contributed by atoms with Gasteiger partial charge in [-0.15, -0.1) is 0 Å². The van der Waals surface area contributed by atoms with Gasteiger partial charge in [-0.05, 0) is 30.2 Å². The molecule has 0 aliphatic heterocycles. The van der Waals surface area contributed by atoms with Crippen molar-refractivity contribution in [1.82, 2.24) is 10.6 Å². The zero-order valence-electron chi connectivity index (χ0n) is 13.7. The number of amides is 2. The topological polar surface area (TPSA) is 78.4 Å². The van der Waals surface area contributed by atoms with Gasteiger partial charge in [0.25, 0.3) is 5.91 Å². The van der Waals surface area contributed by atoms with Gasteiger partial charge in [0.15, 0.2) is 0 Å². The Bertz CT molecular complexity index is 669. The lowest BCUT2D eigenvalue weighted by Crippen LogP contribution is -2.25. The van der Waals surface area contributed by atoms with Gasteiger partial charge in [0.1, 0.15) is 0 Å². The highest BCUT2D eigenvalue weighted by Crippen LogP contribution is 2.15. The molecule has 0 saturated heterocycles. The Morgan fingerprint density at radius 1 is 1.00 bits per heavy atom. The van der Waals surface area contributed by atoms with Crippen LogP contribution in [0, 0.1) is 0 Å². The van der Waals surface area contributed by atoms with Crippen molar-refractivity contribution in [3.8, 4) is 0 Å². The molecule has 24 heavy (non-hydrogen) atoms. The molecule has 0 radical (unpaired) electrons. The van der Waals surface area contributed by atoms with Crippen LogP contribution in [0.2, 0.25) is 0 Å². The van der Waals surface area contributed by atoms with Gasteiger partial charge >= 0.3 is 0 Å². The van der Waals surface area contributed by atoms with E-state index >= 15 is 0 Å². The number of hydrogen-bond donors (Lipinski definition) is 3. The minimum absolute atomic E-state index is 0.0149. The summed E-state index contributed by atoms with van der Waals surface area (Å²) in [7, 11) is 0. The monoisotopic (exact) mass is 326 g/mol. The third-order valence-corrected chi connectivity index (χ3v) is 3.61. The Hall–Kier alpha value is -2.66. The zero-order chi connectivity index (χ0) is 17.4. The summed E-state index contributed by atoms with van der Waals surface area (Å²) in [6, 6.07) is 16.2. The van der Waals surface area contributed by atoms with Crippen molar-refractivity contribution in [1.29, 1.82) is 0 Å². The minimum atomic E-state index is -0.814. The quantitative estimate of drug-likeness (QED) is 0.730. The van der Waals surface area contributed by atoms with E-state index in [-0.39, 0.29) is 18.2 Å². The van der Waals surface area contributed by atoms with Gasteiger partial charge in [-0.25, -0.2) is 0 Å². The molecule has 3 N–H and O–H groups in total. The van der Waals surface area contributed by atoms with Crippen LogP contribution in [0.1, 0.15) is 40.9 Å². The standard InChI is InChI=1S/C19H22N2O3/c1-2-20-19(24)16-10-8-14(9-11-16)13-21-18(23)12-17(22)15-6-4-3-5-7-15/h3-11,17,22H,2,12-13H2,1H3,(H,20,24)(H,21,23). The Balaban J connectivity index is 1.82. The van der Waals surface area contributed by atoms with Gasteiger partial charge in [0.2, 0.25) is 5.91 Å². The molecular formula is C19H22N2O3. The van der Waals surface area contributed by atoms with Crippen molar-refractivity contribution in [2.45, 2.75) is 26.0 Å². The lowest BCUT2D eigenvalue weighted by molar-refractivity contribution is -0.123. The maximum Gasteiger partial charge on any atom is 0.251 e. The van der Waals surface area contributed by atoms with Crippen LogP contribution in [-0.4, -0.2) is 23.5 Å².